The summed E-state index contributed by atoms with van der Waals surface area (Å²) >= 11 is 5.88. The number of hydrogen-bond acceptors (Lipinski definition) is 4. The highest BCUT2D eigenvalue weighted by Crippen LogP contribution is 2.39. The molecule has 3 rings (SSSR count). The molecule has 5 nitrogen and oxygen atoms in total. The Morgan fingerprint density at radius 3 is 2.58 bits per heavy atom. The van der Waals surface area contributed by atoms with Crippen LogP contribution in [-0.4, -0.2) is 58.0 Å². The first kappa shape index (κ1) is 19.6. The molecule has 2 saturated heterocycles. The van der Waals surface area contributed by atoms with E-state index in [0.717, 1.165) is 17.9 Å². The largest absolute Gasteiger partial charge is 0.387 e. The van der Waals surface area contributed by atoms with Crippen molar-refractivity contribution in [3.05, 3.63) is 34.9 Å². The van der Waals surface area contributed by atoms with Gasteiger partial charge in [0.15, 0.2) is 0 Å². The number of halogens is 1. The Kier molecular flexibility index (Phi) is 5.92. The number of piperidine rings is 1. The molecule has 0 bridgehead atoms. The second-order valence-corrected chi connectivity index (χ2v) is 8.22. The second kappa shape index (κ2) is 7.85. The third kappa shape index (κ3) is 4.22. The van der Waals surface area contributed by atoms with Gasteiger partial charge in [0.25, 0.3) is 0 Å². The molecule has 0 aromatic heterocycles. The molecule has 1 amide bonds. The number of aliphatic hydroxyl groups is 2. The first-order valence-corrected chi connectivity index (χ1v) is 9.77. The molecule has 1 aromatic carbocycles. The van der Waals surface area contributed by atoms with Gasteiger partial charge in [-0.2, -0.15) is 0 Å². The number of ether oxygens (including phenoxy) is 1. The minimum Gasteiger partial charge on any atom is -0.387 e. The minimum absolute atomic E-state index is 0.144. The van der Waals surface area contributed by atoms with E-state index < -0.39 is 17.3 Å². The van der Waals surface area contributed by atoms with Crippen LogP contribution in [0.4, 0.5) is 0 Å². The summed E-state index contributed by atoms with van der Waals surface area (Å²) < 4.78 is 5.87. The van der Waals surface area contributed by atoms with E-state index in [9.17, 15) is 15.0 Å². The van der Waals surface area contributed by atoms with Gasteiger partial charge in [0.2, 0.25) is 5.91 Å². The maximum atomic E-state index is 12.5. The topological polar surface area (TPSA) is 70.0 Å². The molecule has 2 heterocycles. The minimum atomic E-state index is -1.12. The molecule has 0 aliphatic carbocycles. The molecule has 0 unspecified atom stereocenters. The van der Waals surface area contributed by atoms with Crippen molar-refractivity contribution >= 4 is 17.5 Å². The predicted molar refractivity (Wildman–Crippen MR) is 100 cm³/mol. The number of amides is 1. The van der Waals surface area contributed by atoms with Gasteiger partial charge in [0.1, 0.15) is 11.7 Å². The van der Waals surface area contributed by atoms with Gasteiger partial charge in [-0.05, 0) is 50.3 Å². The van der Waals surface area contributed by atoms with Crippen molar-refractivity contribution < 1.29 is 19.7 Å². The molecule has 2 fully saturated rings. The van der Waals surface area contributed by atoms with E-state index >= 15 is 0 Å². The van der Waals surface area contributed by atoms with Crippen LogP contribution in [-0.2, 0) is 16.0 Å². The molecule has 26 heavy (non-hydrogen) atoms. The standard InChI is InChI=1S/C20H28ClNO4/c1-19(25)11-14-26-20(18(19)24)9-12-22(13-10-20)17(23)4-2-3-15-5-7-16(21)8-6-15/h5-8,18,24-25H,2-4,9-14H2,1H3/t18-,19+/m0/s1. The van der Waals surface area contributed by atoms with E-state index in [2.05, 4.69) is 0 Å². The zero-order valence-corrected chi connectivity index (χ0v) is 16.0. The smallest absolute Gasteiger partial charge is 0.222 e. The summed E-state index contributed by atoms with van der Waals surface area (Å²) in [4.78, 5) is 14.3. The van der Waals surface area contributed by atoms with Gasteiger partial charge in [0, 0.05) is 31.0 Å². The summed E-state index contributed by atoms with van der Waals surface area (Å²) in [6.45, 7) is 3.23. The number of hydrogen-bond donors (Lipinski definition) is 2. The van der Waals surface area contributed by atoms with Crippen molar-refractivity contribution in [2.24, 2.45) is 0 Å². The van der Waals surface area contributed by atoms with E-state index in [4.69, 9.17) is 16.3 Å². The number of aryl methyl sites for hydroxylation is 1. The van der Waals surface area contributed by atoms with Crippen molar-refractivity contribution in [1.82, 2.24) is 4.90 Å². The Hall–Kier alpha value is -1.14. The number of carbonyl (C=O) groups excluding carboxylic acids is 1. The first-order chi connectivity index (χ1) is 12.3. The zero-order chi connectivity index (χ0) is 18.8. The van der Waals surface area contributed by atoms with Crippen LogP contribution in [0, 0.1) is 0 Å². The van der Waals surface area contributed by atoms with Crippen molar-refractivity contribution in [3.8, 4) is 0 Å². The van der Waals surface area contributed by atoms with Crippen molar-refractivity contribution in [3.63, 3.8) is 0 Å². The number of nitrogens with zero attached hydrogens (tertiary/aromatic N) is 1. The van der Waals surface area contributed by atoms with E-state index in [0.29, 0.717) is 45.4 Å². The quantitative estimate of drug-likeness (QED) is 0.840. The van der Waals surface area contributed by atoms with Gasteiger partial charge in [0.05, 0.1) is 12.2 Å². The molecule has 2 N–H and O–H groups in total. The Morgan fingerprint density at radius 2 is 1.92 bits per heavy atom. The van der Waals surface area contributed by atoms with Gasteiger partial charge in [-0.1, -0.05) is 23.7 Å². The molecule has 0 radical (unpaired) electrons. The lowest BCUT2D eigenvalue weighted by Gasteiger charge is -2.51. The summed E-state index contributed by atoms with van der Waals surface area (Å²) in [5, 5.41) is 21.6. The highest BCUT2D eigenvalue weighted by Gasteiger charge is 2.52. The molecule has 2 atom stereocenters. The first-order valence-electron chi connectivity index (χ1n) is 9.39. The van der Waals surface area contributed by atoms with E-state index in [1.165, 1.54) is 5.56 Å². The number of aliphatic hydroxyl groups excluding tert-OH is 1. The van der Waals surface area contributed by atoms with Crippen LogP contribution in [0.5, 0.6) is 0 Å². The van der Waals surface area contributed by atoms with Gasteiger partial charge in [-0.3, -0.25) is 4.79 Å². The maximum absolute atomic E-state index is 12.5. The highest BCUT2D eigenvalue weighted by atomic mass is 35.5. The maximum Gasteiger partial charge on any atom is 0.222 e. The molecule has 1 spiro atoms. The van der Waals surface area contributed by atoms with Crippen molar-refractivity contribution in [1.29, 1.82) is 0 Å². The highest BCUT2D eigenvalue weighted by molar-refractivity contribution is 6.30. The fraction of sp³-hybridized carbons (Fsp3) is 0.650. The number of carbonyl (C=O) groups is 1. The average molecular weight is 382 g/mol. The SMILES string of the molecule is C[C@@]1(O)CCOC2(CCN(C(=O)CCCc3ccc(Cl)cc3)CC2)[C@H]1O. The Bertz CT molecular complexity index is 623. The van der Waals surface area contributed by atoms with Crippen LogP contribution in [0.15, 0.2) is 24.3 Å². The Balaban J connectivity index is 1.47. The fourth-order valence-corrected chi connectivity index (χ4v) is 4.17. The molecule has 2 aliphatic rings. The van der Waals surface area contributed by atoms with E-state index in [-0.39, 0.29) is 5.91 Å². The van der Waals surface area contributed by atoms with Crippen LogP contribution in [0.25, 0.3) is 0 Å². The van der Waals surface area contributed by atoms with Crippen molar-refractivity contribution in [2.45, 2.75) is 62.8 Å². The number of likely N-dealkylation sites (tertiary alicyclic amines) is 1. The molecule has 0 saturated carbocycles. The number of rotatable bonds is 4. The summed E-state index contributed by atoms with van der Waals surface area (Å²) in [5.74, 6) is 0.144. The normalized spacial score (nSPS) is 28.3. The van der Waals surface area contributed by atoms with Gasteiger partial charge < -0.3 is 19.8 Å². The van der Waals surface area contributed by atoms with Gasteiger partial charge >= 0.3 is 0 Å². The molecular formula is C20H28ClNO4. The molecule has 2 aliphatic heterocycles. The van der Waals surface area contributed by atoms with Crippen LogP contribution in [0.3, 0.4) is 0 Å². The zero-order valence-electron chi connectivity index (χ0n) is 15.3. The van der Waals surface area contributed by atoms with Crippen LogP contribution < -0.4 is 0 Å². The Labute approximate surface area is 159 Å². The molecule has 1 aromatic rings. The molecule has 6 heteroatoms. The fourth-order valence-electron chi connectivity index (χ4n) is 4.05. The lowest BCUT2D eigenvalue weighted by molar-refractivity contribution is -0.245. The van der Waals surface area contributed by atoms with Gasteiger partial charge in [-0.15, -0.1) is 0 Å². The van der Waals surface area contributed by atoms with Crippen LogP contribution >= 0.6 is 11.6 Å². The third-order valence-corrected chi connectivity index (χ3v) is 6.07. The molecular weight excluding hydrogens is 354 g/mol. The number of benzene rings is 1. The summed E-state index contributed by atoms with van der Waals surface area (Å²) in [6.07, 6.45) is 2.81. The van der Waals surface area contributed by atoms with Crippen molar-refractivity contribution in [2.75, 3.05) is 19.7 Å². The third-order valence-electron chi connectivity index (χ3n) is 5.82. The Morgan fingerprint density at radius 1 is 1.27 bits per heavy atom. The van der Waals surface area contributed by atoms with E-state index in [1.807, 2.05) is 29.2 Å². The summed E-state index contributed by atoms with van der Waals surface area (Å²) in [6, 6.07) is 7.72. The lowest BCUT2D eigenvalue weighted by Crippen LogP contribution is -2.64. The van der Waals surface area contributed by atoms with Crippen LogP contribution in [0.1, 0.15) is 44.6 Å². The van der Waals surface area contributed by atoms with Crippen LogP contribution in [0.2, 0.25) is 5.02 Å². The van der Waals surface area contributed by atoms with E-state index in [1.54, 1.807) is 6.92 Å². The summed E-state index contributed by atoms with van der Waals surface area (Å²) in [7, 11) is 0. The van der Waals surface area contributed by atoms with Gasteiger partial charge in [-0.25, -0.2) is 0 Å². The monoisotopic (exact) mass is 381 g/mol. The lowest BCUT2D eigenvalue weighted by atomic mass is 9.75. The average Bonchev–Trinajstić information content (AvgIpc) is 2.62. The predicted octanol–water partition coefficient (Wildman–Crippen LogP) is 2.56. The molecule has 144 valence electrons. The second-order valence-electron chi connectivity index (χ2n) is 7.78. The summed E-state index contributed by atoms with van der Waals surface area (Å²) in [5.41, 5.74) is -0.661.